The zero-order valence-corrected chi connectivity index (χ0v) is 12.6. The van der Waals surface area contributed by atoms with E-state index in [1.807, 2.05) is 13.0 Å². The molecule has 0 spiro atoms. The molecule has 1 aromatic carbocycles. The number of benzene rings is 1. The smallest absolute Gasteiger partial charge is 0.314 e. The monoisotopic (exact) mass is 278 g/mol. The predicted octanol–water partition coefficient (Wildman–Crippen LogP) is 2.24. The Morgan fingerprint density at radius 1 is 1.30 bits per heavy atom. The summed E-state index contributed by atoms with van der Waals surface area (Å²) in [5.41, 5.74) is 2.46. The fourth-order valence-electron chi connectivity index (χ4n) is 2.18. The molecule has 1 rings (SSSR count). The highest BCUT2D eigenvalue weighted by Crippen LogP contribution is 2.04. The summed E-state index contributed by atoms with van der Waals surface area (Å²) in [6.07, 6.45) is 1.21. The van der Waals surface area contributed by atoms with Crippen molar-refractivity contribution >= 4 is 6.03 Å². The van der Waals surface area contributed by atoms with Crippen LogP contribution in [0.3, 0.4) is 0 Å². The lowest BCUT2D eigenvalue weighted by Crippen LogP contribution is -2.39. The number of hydrogen-bond acceptors (Lipinski definition) is 2. The maximum atomic E-state index is 11.6. The lowest BCUT2D eigenvalue weighted by molar-refractivity contribution is 0.163. The van der Waals surface area contributed by atoms with E-state index in [4.69, 9.17) is 0 Å². The summed E-state index contributed by atoms with van der Waals surface area (Å²) in [7, 11) is 0. The van der Waals surface area contributed by atoms with Crippen molar-refractivity contribution in [2.45, 2.75) is 39.7 Å². The van der Waals surface area contributed by atoms with E-state index in [2.05, 4.69) is 35.8 Å². The van der Waals surface area contributed by atoms with Gasteiger partial charge in [0.05, 0.1) is 6.10 Å². The summed E-state index contributed by atoms with van der Waals surface area (Å²) < 4.78 is 0. The molecular formula is C16H26N2O2. The Morgan fingerprint density at radius 3 is 2.70 bits per heavy atom. The van der Waals surface area contributed by atoms with E-state index in [-0.39, 0.29) is 18.1 Å². The van der Waals surface area contributed by atoms with Crippen LogP contribution in [0.15, 0.2) is 24.3 Å². The average Bonchev–Trinajstić information content (AvgIpc) is 2.36. The van der Waals surface area contributed by atoms with Gasteiger partial charge in [0.15, 0.2) is 0 Å². The molecule has 2 atom stereocenters. The molecular weight excluding hydrogens is 252 g/mol. The van der Waals surface area contributed by atoms with Crippen LogP contribution in [-0.2, 0) is 6.42 Å². The first-order valence-electron chi connectivity index (χ1n) is 7.22. The Labute approximate surface area is 121 Å². The van der Waals surface area contributed by atoms with Gasteiger partial charge >= 0.3 is 6.03 Å². The highest BCUT2D eigenvalue weighted by atomic mass is 16.3. The van der Waals surface area contributed by atoms with Gasteiger partial charge in [0.25, 0.3) is 0 Å². The molecule has 0 saturated heterocycles. The molecule has 0 aliphatic heterocycles. The van der Waals surface area contributed by atoms with E-state index in [1.54, 1.807) is 6.92 Å². The largest absolute Gasteiger partial charge is 0.393 e. The second kappa shape index (κ2) is 8.59. The predicted molar refractivity (Wildman–Crippen MR) is 81.7 cm³/mol. The SMILES string of the molecule is Cc1cccc(CCNC(=O)NCC(C)CC(C)O)c1. The molecule has 0 saturated carbocycles. The van der Waals surface area contributed by atoms with Gasteiger partial charge in [-0.1, -0.05) is 36.8 Å². The lowest BCUT2D eigenvalue weighted by Gasteiger charge is -2.14. The summed E-state index contributed by atoms with van der Waals surface area (Å²) in [5.74, 6) is 0.275. The van der Waals surface area contributed by atoms with Crippen molar-refractivity contribution in [3.8, 4) is 0 Å². The Balaban J connectivity index is 2.17. The third kappa shape index (κ3) is 7.14. The third-order valence-corrected chi connectivity index (χ3v) is 3.14. The minimum absolute atomic E-state index is 0.143. The minimum atomic E-state index is -0.323. The molecule has 4 nitrogen and oxygen atoms in total. The van der Waals surface area contributed by atoms with Gasteiger partial charge in [-0.2, -0.15) is 0 Å². The maximum absolute atomic E-state index is 11.6. The first-order valence-corrected chi connectivity index (χ1v) is 7.22. The van der Waals surface area contributed by atoms with Crippen molar-refractivity contribution in [3.63, 3.8) is 0 Å². The highest BCUT2D eigenvalue weighted by molar-refractivity contribution is 5.73. The lowest BCUT2D eigenvalue weighted by atomic mass is 10.1. The first kappa shape index (κ1) is 16.5. The van der Waals surface area contributed by atoms with Crippen molar-refractivity contribution in [3.05, 3.63) is 35.4 Å². The number of rotatable bonds is 7. The van der Waals surface area contributed by atoms with Crippen LogP contribution in [0.5, 0.6) is 0 Å². The average molecular weight is 278 g/mol. The van der Waals surface area contributed by atoms with Crippen LogP contribution in [0.1, 0.15) is 31.4 Å². The molecule has 0 fully saturated rings. The van der Waals surface area contributed by atoms with Crippen LogP contribution in [0.4, 0.5) is 4.79 Å². The van der Waals surface area contributed by atoms with Gasteiger partial charge in [0.1, 0.15) is 0 Å². The topological polar surface area (TPSA) is 61.4 Å². The van der Waals surface area contributed by atoms with Gasteiger partial charge in [-0.25, -0.2) is 4.79 Å². The van der Waals surface area contributed by atoms with Gasteiger partial charge in [-0.3, -0.25) is 0 Å². The van der Waals surface area contributed by atoms with E-state index >= 15 is 0 Å². The van der Waals surface area contributed by atoms with E-state index in [1.165, 1.54) is 11.1 Å². The molecule has 112 valence electrons. The number of aliphatic hydroxyl groups is 1. The second-order valence-corrected chi connectivity index (χ2v) is 5.57. The summed E-state index contributed by atoms with van der Waals surface area (Å²) in [5, 5.41) is 14.9. The summed E-state index contributed by atoms with van der Waals surface area (Å²) in [4.78, 5) is 11.6. The fourth-order valence-corrected chi connectivity index (χ4v) is 2.18. The van der Waals surface area contributed by atoms with Gasteiger partial charge < -0.3 is 15.7 Å². The number of urea groups is 1. The summed E-state index contributed by atoms with van der Waals surface area (Å²) in [6, 6.07) is 8.15. The molecule has 0 radical (unpaired) electrons. The van der Waals surface area contributed by atoms with Crippen LogP contribution in [0.2, 0.25) is 0 Å². The van der Waals surface area contributed by atoms with Crippen LogP contribution in [-0.4, -0.2) is 30.3 Å². The number of nitrogens with one attached hydrogen (secondary N) is 2. The number of carbonyl (C=O) groups excluding carboxylic acids is 1. The standard InChI is InChI=1S/C16H26N2O2/c1-12-5-4-6-15(10-12)7-8-17-16(20)18-11-13(2)9-14(3)19/h4-6,10,13-14,19H,7-9,11H2,1-3H3,(H2,17,18,20). The van der Waals surface area contributed by atoms with Crippen LogP contribution < -0.4 is 10.6 Å². The first-order chi connectivity index (χ1) is 9.47. The van der Waals surface area contributed by atoms with E-state index in [0.29, 0.717) is 19.5 Å². The van der Waals surface area contributed by atoms with Crippen LogP contribution >= 0.6 is 0 Å². The third-order valence-electron chi connectivity index (χ3n) is 3.14. The molecule has 0 heterocycles. The zero-order valence-electron chi connectivity index (χ0n) is 12.6. The quantitative estimate of drug-likeness (QED) is 0.716. The minimum Gasteiger partial charge on any atom is -0.393 e. The van der Waals surface area contributed by atoms with E-state index in [0.717, 1.165) is 6.42 Å². The van der Waals surface area contributed by atoms with Crippen LogP contribution in [0.25, 0.3) is 0 Å². The highest BCUT2D eigenvalue weighted by Gasteiger charge is 2.07. The molecule has 20 heavy (non-hydrogen) atoms. The van der Waals surface area contributed by atoms with Gasteiger partial charge in [-0.15, -0.1) is 0 Å². The number of carbonyl (C=O) groups is 1. The number of amides is 2. The van der Waals surface area contributed by atoms with Gasteiger partial charge in [-0.05, 0) is 38.2 Å². The number of aryl methyl sites for hydroxylation is 1. The molecule has 0 aromatic heterocycles. The second-order valence-electron chi connectivity index (χ2n) is 5.57. The van der Waals surface area contributed by atoms with Crippen LogP contribution in [0, 0.1) is 12.8 Å². The van der Waals surface area contributed by atoms with Crippen molar-refractivity contribution in [2.75, 3.05) is 13.1 Å². The Bertz CT molecular complexity index is 419. The van der Waals surface area contributed by atoms with Crippen molar-refractivity contribution in [1.29, 1.82) is 0 Å². The summed E-state index contributed by atoms with van der Waals surface area (Å²) >= 11 is 0. The Hall–Kier alpha value is -1.55. The molecule has 0 aliphatic carbocycles. The van der Waals surface area contributed by atoms with Crippen molar-refractivity contribution in [2.24, 2.45) is 5.92 Å². The van der Waals surface area contributed by atoms with E-state index in [9.17, 15) is 9.90 Å². The number of aliphatic hydroxyl groups excluding tert-OH is 1. The molecule has 1 aromatic rings. The molecule has 2 amide bonds. The molecule has 2 unspecified atom stereocenters. The molecule has 0 bridgehead atoms. The van der Waals surface area contributed by atoms with Gasteiger partial charge in [0, 0.05) is 13.1 Å². The van der Waals surface area contributed by atoms with Crippen molar-refractivity contribution < 1.29 is 9.90 Å². The maximum Gasteiger partial charge on any atom is 0.314 e. The Kier molecular flexibility index (Phi) is 7.09. The fraction of sp³-hybridized carbons (Fsp3) is 0.562. The zero-order chi connectivity index (χ0) is 15.0. The molecule has 0 aliphatic rings. The summed E-state index contributed by atoms with van der Waals surface area (Å²) in [6.45, 7) is 7.05. The molecule has 4 heteroatoms. The molecule has 3 N–H and O–H groups in total. The van der Waals surface area contributed by atoms with Gasteiger partial charge in [0.2, 0.25) is 0 Å². The number of hydrogen-bond donors (Lipinski definition) is 3. The normalized spacial score (nSPS) is 13.6. The van der Waals surface area contributed by atoms with E-state index < -0.39 is 0 Å². The Morgan fingerprint density at radius 2 is 2.05 bits per heavy atom. The van der Waals surface area contributed by atoms with Crippen molar-refractivity contribution in [1.82, 2.24) is 10.6 Å².